The summed E-state index contributed by atoms with van der Waals surface area (Å²) in [6.07, 6.45) is -11.2. The molecule has 4 aromatic rings. The fourth-order valence-electron chi connectivity index (χ4n) is 4.10. The number of nitrogens with zero attached hydrogens (tertiary/aromatic N) is 1. The lowest BCUT2D eigenvalue weighted by molar-refractivity contribution is -0.143. The molecule has 0 aliphatic rings. The number of amides is 1. The minimum Gasteiger partial charge on any atom is -0.392 e. The molecule has 0 atom stereocenters. The molecule has 1 aromatic heterocycles. The minimum atomic E-state index is -5.03. The van der Waals surface area contributed by atoms with Crippen molar-refractivity contribution in [3.05, 3.63) is 99.3 Å². The lowest BCUT2D eigenvalue weighted by atomic mass is 9.96. The van der Waals surface area contributed by atoms with Crippen LogP contribution in [0, 0.1) is 6.92 Å². The lowest BCUT2D eigenvalue weighted by Crippen LogP contribution is -2.30. The molecule has 3 aromatic carbocycles. The third-order valence-corrected chi connectivity index (χ3v) is 5.94. The van der Waals surface area contributed by atoms with Crippen LogP contribution in [-0.2, 0) is 25.9 Å². The van der Waals surface area contributed by atoms with E-state index in [0.717, 1.165) is 10.1 Å². The maximum atomic E-state index is 13.2. The predicted octanol–water partition coefficient (Wildman–Crippen LogP) is 6.84. The number of carbonyl (C=O) groups is 1. The van der Waals surface area contributed by atoms with Gasteiger partial charge in [0.05, 0.1) is 16.7 Å². The van der Waals surface area contributed by atoms with E-state index >= 15 is 0 Å². The molecule has 5 nitrogen and oxygen atoms in total. The number of carbonyl (C=O) groups excluding carboxylic acids is 1. The summed E-state index contributed by atoms with van der Waals surface area (Å²) in [5, 5.41) is 3.05. The van der Waals surface area contributed by atoms with E-state index in [-0.39, 0.29) is 11.9 Å². The van der Waals surface area contributed by atoms with E-state index in [0.29, 0.717) is 34.0 Å². The average Bonchev–Trinajstić information content (AvgIpc) is 2.85. The van der Waals surface area contributed by atoms with Crippen molar-refractivity contribution in [3.63, 3.8) is 0 Å². The summed E-state index contributed by atoms with van der Waals surface area (Å²) in [7, 11) is 1.39. The largest absolute Gasteiger partial charge is 0.416 e. The average molecular weight is 534 g/mol. The molecule has 0 radical (unpaired) electrons. The molecule has 0 spiro atoms. The third kappa shape index (κ3) is 5.36. The molecule has 1 N–H and O–H groups in total. The molecule has 0 unspecified atom stereocenters. The normalized spacial score (nSPS) is 12.0. The van der Waals surface area contributed by atoms with Crippen LogP contribution in [0.4, 0.5) is 31.1 Å². The van der Waals surface area contributed by atoms with Gasteiger partial charge in [-0.2, -0.15) is 26.3 Å². The second-order valence-electron chi connectivity index (χ2n) is 8.56. The van der Waals surface area contributed by atoms with Gasteiger partial charge in [0.2, 0.25) is 5.88 Å². The highest BCUT2D eigenvalue weighted by molar-refractivity contribution is 6.00. The zero-order valence-electron chi connectivity index (χ0n) is 20.0. The molecule has 4 rings (SSSR count). The zero-order chi connectivity index (χ0) is 27.8. The van der Waals surface area contributed by atoms with Crippen LogP contribution in [0.1, 0.15) is 22.3 Å². The fourth-order valence-corrected chi connectivity index (χ4v) is 4.10. The lowest BCUT2D eigenvalue weighted by Gasteiger charge is -2.18. The Labute approximate surface area is 212 Å². The number of halogens is 6. The summed E-state index contributed by atoms with van der Waals surface area (Å²) in [6, 6.07) is 14.9. The van der Waals surface area contributed by atoms with Crippen LogP contribution >= 0.6 is 0 Å². The summed E-state index contributed by atoms with van der Waals surface area (Å²) in [5.74, 6) is -0.138. The molecule has 1 heterocycles. The topological polar surface area (TPSA) is 60.3 Å². The van der Waals surface area contributed by atoms with Gasteiger partial charge in [0, 0.05) is 24.4 Å². The molecular weight excluding hydrogens is 514 g/mol. The second kappa shape index (κ2) is 9.88. The first-order valence-electron chi connectivity index (χ1n) is 11.2. The van der Waals surface area contributed by atoms with E-state index in [1.807, 2.05) is 13.0 Å². The van der Waals surface area contributed by atoms with Gasteiger partial charge < -0.3 is 10.1 Å². The van der Waals surface area contributed by atoms with Crippen molar-refractivity contribution in [2.75, 3.05) is 0 Å². The zero-order valence-corrected chi connectivity index (χ0v) is 20.0. The molecule has 0 fully saturated rings. The highest BCUT2D eigenvalue weighted by atomic mass is 19.4. The van der Waals surface area contributed by atoms with Crippen LogP contribution in [0.2, 0.25) is 0 Å². The minimum absolute atomic E-state index is 0.00114. The van der Waals surface area contributed by atoms with Crippen molar-refractivity contribution in [3.8, 4) is 17.0 Å². The summed E-state index contributed by atoms with van der Waals surface area (Å²) >= 11 is 0. The van der Waals surface area contributed by atoms with Gasteiger partial charge in [0.25, 0.3) is 5.56 Å². The molecule has 11 heteroatoms. The summed E-state index contributed by atoms with van der Waals surface area (Å²) < 4.78 is 85.5. The Hall–Kier alpha value is -4.28. The highest BCUT2D eigenvalue weighted by Crippen LogP contribution is 2.38. The van der Waals surface area contributed by atoms with E-state index in [9.17, 15) is 35.9 Å². The first kappa shape index (κ1) is 26.8. The van der Waals surface area contributed by atoms with E-state index in [4.69, 9.17) is 4.74 Å². The van der Waals surface area contributed by atoms with Crippen LogP contribution in [0.25, 0.3) is 21.9 Å². The van der Waals surface area contributed by atoms with Gasteiger partial charge in [0.15, 0.2) is 0 Å². The van der Waals surface area contributed by atoms with Crippen molar-refractivity contribution in [2.45, 2.75) is 25.8 Å². The van der Waals surface area contributed by atoms with Gasteiger partial charge in [-0.3, -0.25) is 9.36 Å². The first-order valence-corrected chi connectivity index (χ1v) is 11.2. The van der Waals surface area contributed by atoms with Gasteiger partial charge in [0.1, 0.15) is 0 Å². The van der Waals surface area contributed by atoms with Crippen molar-refractivity contribution in [2.24, 2.45) is 7.05 Å². The Morgan fingerprint density at radius 2 is 1.42 bits per heavy atom. The molecule has 0 saturated carbocycles. The molecule has 1 amide bonds. The molecule has 0 saturated heterocycles. The first-order chi connectivity index (χ1) is 17.8. The maximum absolute atomic E-state index is 13.2. The molecule has 198 valence electrons. The van der Waals surface area contributed by atoms with Crippen molar-refractivity contribution >= 4 is 16.9 Å². The predicted molar refractivity (Wildman–Crippen MR) is 129 cm³/mol. The molecule has 38 heavy (non-hydrogen) atoms. The van der Waals surface area contributed by atoms with E-state index in [2.05, 4.69) is 5.32 Å². The SMILES string of the molecule is Cc1ccccc1-c1c(OC(=O)NCc2cc(C(F)(F)F)cc(C(F)(F)F)c2)n(C)c(=O)c2ccccc12. The number of rotatable bonds is 4. The molecule has 0 aliphatic heterocycles. The van der Waals surface area contributed by atoms with Crippen LogP contribution in [0.5, 0.6) is 5.88 Å². The Balaban J connectivity index is 1.71. The number of fused-ring (bicyclic) bond motifs is 1. The highest BCUT2D eigenvalue weighted by Gasteiger charge is 2.37. The van der Waals surface area contributed by atoms with Crippen LogP contribution in [-0.4, -0.2) is 10.7 Å². The Morgan fingerprint density at radius 3 is 2.00 bits per heavy atom. The van der Waals surface area contributed by atoms with Gasteiger partial charge in [-0.1, -0.05) is 42.5 Å². The monoisotopic (exact) mass is 534 g/mol. The quantitative estimate of drug-likeness (QED) is 0.292. The number of alkyl halides is 6. The summed E-state index contributed by atoms with van der Waals surface area (Å²) in [5.41, 5.74) is -2.01. The number of nitrogens with one attached hydrogen (secondary N) is 1. The Morgan fingerprint density at radius 1 is 0.868 bits per heavy atom. The van der Waals surface area contributed by atoms with Crippen molar-refractivity contribution in [1.82, 2.24) is 9.88 Å². The van der Waals surface area contributed by atoms with Crippen LogP contribution < -0.4 is 15.6 Å². The molecular formula is C27H20F6N2O3. The number of pyridine rings is 1. The molecule has 0 aliphatic carbocycles. The van der Waals surface area contributed by atoms with Crippen molar-refractivity contribution < 1.29 is 35.9 Å². The number of aryl methyl sites for hydroxylation is 1. The maximum Gasteiger partial charge on any atom is 0.416 e. The second-order valence-corrected chi connectivity index (χ2v) is 8.56. The van der Waals surface area contributed by atoms with E-state index in [1.165, 1.54) is 7.05 Å². The van der Waals surface area contributed by atoms with Gasteiger partial charge >= 0.3 is 18.4 Å². The van der Waals surface area contributed by atoms with Gasteiger partial charge in [-0.25, -0.2) is 4.79 Å². The van der Waals surface area contributed by atoms with Crippen molar-refractivity contribution in [1.29, 1.82) is 0 Å². The smallest absolute Gasteiger partial charge is 0.392 e. The summed E-state index contributed by atoms with van der Waals surface area (Å²) in [6.45, 7) is 1.14. The number of hydrogen-bond acceptors (Lipinski definition) is 3. The Bertz CT molecular complexity index is 1560. The van der Waals surface area contributed by atoms with Crippen LogP contribution in [0.15, 0.2) is 71.5 Å². The van der Waals surface area contributed by atoms with Gasteiger partial charge in [-0.15, -0.1) is 0 Å². The molecule has 0 bridgehead atoms. The number of aromatic nitrogens is 1. The van der Waals surface area contributed by atoms with E-state index in [1.54, 1.807) is 42.5 Å². The Kier molecular flexibility index (Phi) is 6.96. The van der Waals surface area contributed by atoms with Gasteiger partial charge in [-0.05, 0) is 47.9 Å². The standard InChI is InChI=1S/C27H20F6N2O3/c1-15-7-3-4-8-19(15)22-20-9-5-6-10-21(20)23(36)35(2)24(22)38-25(37)34-14-16-11-17(26(28,29)30)13-18(12-16)27(31,32)33/h3-13H,14H2,1-2H3,(H,34,37). The van der Waals surface area contributed by atoms with Crippen LogP contribution in [0.3, 0.4) is 0 Å². The van der Waals surface area contributed by atoms with E-state index < -0.39 is 47.2 Å². The third-order valence-electron chi connectivity index (χ3n) is 5.94. The summed E-state index contributed by atoms with van der Waals surface area (Å²) in [4.78, 5) is 25.7. The number of ether oxygens (including phenoxy) is 1. The fraction of sp³-hybridized carbons (Fsp3) is 0.185. The number of benzene rings is 3. The number of hydrogen-bond donors (Lipinski definition) is 1.